The number of rotatable bonds is 3. The lowest BCUT2D eigenvalue weighted by Crippen LogP contribution is -1.95. The maximum atomic E-state index is 12.2. The number of ketones is 1. The molecule has 0 saturated carbocycles. The predicted octanol–water partition coefficient (Wildman–Crippen LogP) is 4.08. The van der Waals surface area contributed by atoms with Crippen LogP contribution in [0.3, 0.4) is 0 Å². The first-order valence-electron chi connectivity index (χ1n) is 6.73. The van der Waals surface area contributed by atoms with Crippen LogP contribution in [0.1, 0.15) is 21.5 Å². The maximum absolute atomic E-state index is 12.2. The number of phenols is 1. The third-order valence-electron chi connectivity index (χ3n) is 3.45. The highest BCUT2D eigenvalue weighted by molar-refractivity contribution is 6.09. The number of H-pyrrole nitrogens is 1. The minimum Gasteiger partial charge on any atom is -0.507 e. The number of hydrogen-bond donors (Lipinski definition) is 2. The molecule has 0 amide bonds. The molecule has 2 aromatic carbocycles. The van der Waals surface area contributed by atoms with E-state index in [1.54, 1.807) is 24.3 Å². The Hall–Kier alpha value is -2.81. The average molecular weight is 277 g/mol. The number of carbonyl (C=O) groups is 1. The fourth-order valence-electron chi connectivity index (χ4n) is 2.33. The molecule has 3 heteroatoms. The molecular formula is C18H15NO2. The zero-order chi connectivity index (χ0) is 14.8. The van der Waals surface area contributed by atoms with Gasteiger partial charge < -0.3 is 10.1 Å². The molecule has 0 aliphatic heterocycles. The van der Waals surface area contributed by atoms with Gasteiger partial charge >= 0.3 is 0 Å². The van der Waals surface area contributed by atoms with Crippen LogP contribution < -0.4 is 0 Å². The Bertz CT molecular complexity index is 843. The Balaban J connectivity index is 1.92. The largest absolute Gasteiger partial charge is 0.507 e. The molecule has 3 aromatic rings. The first kappa shape index (κ1) is 13.2. The Morgan fingerprint density at radius 3 is 2.86 bits per heavy atom. The fraction of sp³-hybridized carbons (Fsp3) is 0.0556. The number of hydrogen-bond acceptors (Lipinski definition) is 2. The van der Waals surface area contributed by atoms with Gasteiger partial charge in [0.1, 0.15) is 5.75 Å². The van der Waals surface area contributed by atoms with E-state index >= 15 is 0 Å². The van der Waals surface area contributed by atoms with Gasteiger partial charge in [-0.3, -0.25) is 4.79 Å². The van der Waals surface area contributed by atoms with Crippen molar-refractivity contribution in [2.24, 2.45) is 0 Å². The van der Waals surface area contributed by atoms with Gasteiger partial charge in [0.25, 0.3) is 0 Å². The summed E-state index contributed by atoms with van der Waals surface area (Å²) < 4.78 is 0. The molecule has 0 saturated heterocycles. The Kier molecular flexibility index (Phi) is 3.32. The van der Waals surface area contributed by atoms with E-state index in [4.69, 9.17) is 0 Å². The second kappa shape index (κ2) is 5.29. The molecule has 0 fully saturated rings. The van der Waals surface area contributed by atoms with E-state index in [-0.39, 0.29) is 11.5 Å². The van der Waals surface area contributed by atoms with Crippen LogP contribution in [0.5, 0.6) is 5.75 Å². The van der Waals surface area contributed by atoms with Crippen molar-refractivity contribution in [3.8, 4) is 5.75 Å². The lowest BCUT2D eigenvalue weighted by atomic mass is 10.1. The summed E-state index contributed by atoms with van der Waals surface area (Å²) in [7, 11) is 0. The number of aromatic hydroxyl groups is 1. The minimum atomic E-state index is -0.207. The number of benzene rings is 2. The predicted molar refractivity (Wildman–Crippen MR) is 84.5 cm³/mol. The third-order valence-corrected chi connectivity index (χ3v) is 3.45. The highest BCUT2D eigenvalue weighted by Gasteiger charge is 2.08. The third kappa shape index (κ3) is 2.58. The fourth-order valence-corrected chi connectivity index (χ4v) is 2.33. The standard InChI is InChI=1S/C18H15NO2/c1-12-6-8-17(20)15(10-12)18(21)9-7-13-11-19-16-5-3-2-4-14(13)16/h2-11,19-20H,1H3/b9-7+. The van der Waals surface area contributed by atoms with Crippen molar-refractivity contribution in [1.82, 2.24) is 4.98 Å². The summed E-state index contributed by atoms with van der Waals surface area (Å²) in [6.45, 7) is 1.89. The highest BCUT2D eigenvalue weighted by atomic mass is 16.3. The quantitative estimate of drug-likeness (QED) is 0.560. The minimum absolute atomic E-state index is 0.00850. The molecule has 0 bridgehead atoms. The van der Waals surface area contributed by atoms with Gasteiger partial charge in [0.15, 0.2) is 5.78 Å². The smallest absolute Gasteiger partial charge is 0.189 e. The summed E-state index contributed by atoms with van der Waals surface area (Å²) in [6, 6.07) is 12.9. The van der Waals surface area contributed by atoms with Gasteiger partial charge in [0.2, 0.25) is 0 Å². The maximum Gasteiger partial charge on any atom is 0.189 e. The summed E-state index contributed by atoms with van der Waals surface area (Å²) in [5, 5.41) is 10.8. The number of aromatic amines is 1. The van der Waals surface area contributed by atoms with E-state index in [9.17, 15) is 9.90 Å². The summed E-state index contributed by atoms with van der Waals surface area (Å²) in [5.74, 6) is -0.198. The number of aryl methyl sites for hydroxylation is 1. The van der Waals surface area contributed by atoms with Crippen LogP contribution in [0.2, 0.25) is 0 Å². The summed E-state index contributed by atoms with van der Waals surface area (Å²) in [6.07, 6.45) is 5.12. The molecule has 0 radical (unpaired) electrons. The second-order valence-electron chi connectivity index (χ2n) is 5.01. The van der Waals surface area contributed by atoms with E-state index < -0.39 is 0 Å². The average Bonchev–Trinajstić information content (AvgIpc) is 2.90. The normalized spacial score (nSPS) is 11.3. The number of para-hydroxylation sites is 1. The number of phenolic OH excluding ortho intramolecular Hbond substituents is 1. The van der Waals surface area contributed by atoms with Gasteiger partial charge in [-0.05, 0) is 42.8 Å². The molecule has 1 heterocycles. The molecule has 2 N–H and O–H groups in total. The van der Waals surface area contributed by atoms with E-state index in [2.05, 4.69) is 4.98 Å². The van der Waals surface area contributed by atoms with Crippen LogP contribution in [-0.4, -0.2) is 15.9 Å². The Morgan fingerprint density at radius 1 is 1.19 bits per heavy atom. The molecule has 3 nitrogen and oxygen atoms in total. The number of carbonyl (C=O) groups excluding carboxylic acids is 1. The van der Waals surface area contributed by atoms with Crippen LogP contribution in [0, 0.1) is 6.92 Å². The topological polar surface area (TPSA) is 53.1 Å². The lowest BCUT2D eigenvalue weighted by molar-refractivity contribution is 0.104. The SMILES string of the molecule is Cc1ccc(O)c(C(=O)/C=C/c2c[nH]c3ccccc23)c1. The molecule has 0 aliphatic rings. The molecule has 3 rings (SSSR count). The Labute approximate surface area is 122 Å². The molecule has 21 heavy (non-hydrogen) atoms. The summed E-state index contributed by atoms with van der Waals surface area (Å²) >= 11 is 0. The number of allylic oxidation sites excluding steroid dienone is 1. The van der Waals surface area contributed by atoms with Gasteiger partial charge in [0, 0.05) is 17.1 Å². The Morgan fingerprint density at radius 2 is 2.00 bits per heavy atom. The van der Waals surface area contributed by atoms with Gasteiger partial charge in [-0.2, -0.15) is 0 Å². The summed E-state index contributed by atoms with van der Waals surface area (Å²) in [4.78, 5) is 15.4. The van der Waals surface area contributed by atoms with Gasteiger partial charge in [-0.1, -0.05) is 29.8 Å². The van der Waals surface area contributed by atoms with E-state index in [0.717, 1.165) is 22.0 Å². The van der Waals surface area contributed by atoms with E-state index in [0.29, 0.717) is 5.56 Å². The molecule has 0 spiro atoms. The van der Waals surface area contributed by atoms with Crippen LogP contribution in [0.4, 0.5) is 0 Å². The zero-order valence-corrected chi connectivity index (χ0v) is 11.6. The van der Waals surface area contributed by atoms with Crippen molar-refractivity contribution in [3.05, 3.63) is 71.4 Å². The van der Waals surface area contributed by atoms with E-state index in [1.807, 2.05) is 37.4 Å². The molecule has 1 aromatic heterocycles. The van der Waals surface area contributed by atoms with Gasteiger partial charge in [-0.15, -0.1) is 0 Å². The number of nitrogens with one attached hydrogen (secondary N) is 1. The van der Waals surface area contributed by atoms with Gasteiger partial charge in [0.05, 0.1) is 5.56 Å². The lowest BCUT2D eigenvalue weighted by Gasteiger charge is -2.01. The van der Waals surface area contributed by atoms with Crippen LogP contribution >= 0.6 is 0 Å². The molecule has 0 atom stereocenters. The summed E-state index contributed by atoms with van der Waals surface area (Å²) in [5.41, 5.74) is 3.25. The molecule has 104 valence electrons. The highest BCUT2D eigenvalue weighted by Crippen LogP contribution is 2.21. The first-order valence-corrected chi connectivity index (χ1v) is 6.73. The van der Waals surface area contributed by atoms with Crippen LogP contribution in [0.25, 0.3) is 17.0 Å². The number of aromatic nitrogens is 1. The van der Waals surface area contributed by atoms with E-state index in [1.165, 1.54) is 6.08 Å². The molecule has 0 unspecified atom stereocenters. The van der Waals surface area contributed by atoms with Crippen molar-refractivity contribution in [1.29, 1.82) is 0 Å². The van der Waals surface area contributed by atoms with Crippen molar-refractivity contribution in [2.75, 3.05) is 0 Å². The zero-order valence-electron chi connectivity index (χ0n) is 11.6. The van der Waals surface area contributed by atoms with Crippen molar-refractivity contribution in [2.45, 2.75) is 6.92 Å². The van der Waals surface area contributed by atoms with Gasteiger partial charge in [-0.25, -0.2) is 0 Å². The van der Waals surface area contributed by atoms with Crippen LogP contribution in [-0.2, 0) is 0 Å². The number of fused-ring (bicyclic) bond motifs is 1. The van der Waals surface area contributed by atoms with Crippen LogP contribution in [0.15, 0.2) is 54.7 Å². The van der Waals surface area contributed by atoms with Crippen molar-refractivity contribution >= 4 is 22.8 Å². The monoisotopic (exact) mass is 277 g/mol. The van der Waals surface area contributed by atoms with Crippen molar-refractivity contribution < 1.29 is 9.90 Å². The first-order chi connectivity index (χ1) is 10.1. The van der Waals surface area contributed by atoms with Crippen molar-refractivity contribution in [3.63, 3.8) is 0 Å². The molecular weight excluding hydrogens is 262 g/mol. The second-order valence-corrected chi connectivity index (χ2v) is 5.01. The molecule has 0 aliphatic carbocycles.